The normalized spacial score (nSPS) is 11.0. The van der Waals surface area contributed by atoms with Crippen molar-refractivity contribution in [2.75, 3.05) is 7.11 Å². The van der Waals surface area contributed by atoms with E-state index >= 15 is 0 Å². The van der Waals surface area contributed by atoms with Crippen molar-refractivity contribution in [1.82, 2.24) is 24.5 Å². The van der Waals surface area contributed by atoms with E-state index < -0.39 is 17.3 Å². The number of nitrogens with zero attached hydrogens (tertiary/aromatic N) is 4. The molecule has 2 aromatic carbocycles. The van der Waals surface area contributed by atoms with Crippen molar-refractivity contribution in [3.8, 4) is 22.6 Å². The van der Waals surface area contributed by atoms with Crippen LogP contribution < -0.4 is 10.4 Å². The van der Waals surface area contributed by atoms with E-state index in [1.165, 1.54) is 16.4 Å². The van der Waals surface area contributed by atoms with Crippen molar-refractivity contribution in [2.24, 2.45) is 0 Å². The number of aryl methyl sites for hydroxylation is 1. The lowest BCUT2D eigenvalue weighted by atomic mass is 10.1. The number of ether oxygens (including phenoxy) is 1. The third kappa shape index (κ3) is 3.42. The van der Waals surface area contributed by atoms with Crippen LogP contribution in [0.5, 0.6) is 5.75 Å². The Morgan fingerprint density at radius 2 is 2.00 bits per heavy atom. The molecule has 0 saturated carbocycles. The number of H-pyrrole nitrogens is 1. The Hall–Kier alpha value is -3.75. The van der Waals surface area contributed by atoms with Gasteiger partial charge in [0, 0.05) is 29.0 Å². The molecule has 1 N–H and O–H groups in total. The average Bonchev–Trinajstić information content (AvgIpc) is 3.34. The smallest absolute Gasteiger partial charge is 0.351 e. The van der Waals surface area contributed by atoms with Crippen molar-refractivity contribution in [1.29, 1.82) is 0 Å². The molecule has 0 aliphatic rings. The second-order valence-corrected chi connectivity index (χ2v) is 6.44. The van der Waals surface area contributed by atoms with Gasteiger partial charge in [-0.15, -0.1) is 0 Å². The highest BCUT2D eigenvalue weighted by Gasteiger charge is 2.16. The fraction of sp³-hybridized carbons (Fsp3) is 0.150. The van der Waals surface area contributed by atoms with Gasteiger partial charge in [-0.3, -0.25) is 9.67 Å². The first kappa shape index (κ1) is 18.6. The van der Waals surface area contributed by atoms with Gasteiger partial charge in [0.1, 0.15) is 23.2 Å². The lowest BCUT2D eigenvalue weighted by Gasteiger charge is -2.09. The maximum absolute atomic E-state index is 14.0. The summed E-state index contributed by atoms with van der Waals surface area (Å²) in [4.78, 5) is 12.9. The molecule has 0 amide bonds. The van der Waals surface area contributed by atoms with Crippen molar-refractivity contribution in [2.45, 2.75) is 13.5 Å². The quantitative estimate of drug-likeness (QED) is 0.562. The van der Waals surface area contributed by atoms with Crippen LogP contribution in [0.15, 0.2) is 53.6 Å². The predicted octanol–water partition coefficient (Wildman–Crippen LogP) is 3.07. The maximum atomic E-state index is 14.0. The Labute approximate surface area is 164 Å². The van der Waals surface area contributed by atoms with Crippen LogP contribution in [0.1, 0.15) is 11.4 Å². The summed E-state index contributed by atoms with van der Waals surface area (Å²) >= 11 is 0. The maximum Gasteiger partial charge on any atom is 0.351 e. The number of methoxy groups -OCH3 is 1. The molecule has 29 heavy (non-hydrogen) atoms. The summed E-state index contributed by atoms with van der Waals surface area (Å²) in [5, 5.41) is 10.9. The largest absolute Gasteiger partial charge is 0.496 e. The van der Waals surface area contributed by atoms with Gasteiger partial charge in [0.15, 0.2) is 0 Å². The summed E-state index contributed by atoms with van der Waals surface area (Å²) in [5.41, 5.74) is 1.73. The molecular weight excluding hydrogens is 380 g/mol. The molecule has 0 fully saturated rings. The van der Waals surface area contributed by atoms with E-state index in [4.69, 9.17) is 4.74 Å². The van der Waals surface area contributed by atoms with Crippen LogP contribution in [0, 0.1) is 18.6 Å². The molecule has 0 spiro atoms. The van der Waals surface area contributed by atoms with Crippen molar-refractivity contribution in [3.63, 3.8) is 0 Å². The average molecular weight is 397 g/mol. The Bertz CT molecular complexity index is 1230. The standard InChI is InChI=1S/C20H17F2N5O2/c1-12-25-27(20(28)26(12)11-13-7-15(21)3-6-18(13)22)16-4-5-17(19(8-16)29-2)14-9-23-24-10-14/h3-10H,11H2,1-2H3,(H,23,24). The van der Waals surface area contributed by atoms with Crippen molar-refractivity contribution < 1.29 is 13.5 Å². The van der Waals surface area contributed by atoms with Crippen molar-refractivity contribution in [3.05, 3.63) is 82.3 Å². The molecule has 0 atom stereocenters. The highest BCUT2D eigenvalue weighted by molar-refractivity contribution is 5.71. The Balaban J connectivity index is 1.74. The molecule has 4 rings (SSSR count). The molecule has 0 unspecified atom stereocenters. The van der Waals surface area contributed by atoms with E-state index in [2.05, 4.69) is 15.3 Å². The molecular formula is C20H17F2N5O2. The molecule has 2 heterocycles. The second kappa shape index (κ2) is 7.34. The molecule has 9 heteroatoms. The lowest BCUT2D eigenvalue weighted by molar-refractivity contribution is 0.416. The number of benzene rings is 2. The zero-order valence-electron chi connectivity index (χ0n) is 15.7. The zero-order valence-corrected chi connectivity index (χ0v) is 15.7. The minimum Gasteiger partial charge on any atom is -0.496 e. The van der Waals surface area contributed by atoms with Gasteiger partial charge < -0.3 is 4.74 Å². The van der Waals surface area contributed by atoms with E-state index in [0.717, 1.165) is 29.3 Å². The molecule has 0 bridgehead atoms. The summed E-state index contributed by atoms with van der Waals surface area (Å²) in [6.45, 7) is 1.50. The van der Waals surface area contributed by atoms with Gasteiger partial charge in [0.2, 0.25) is 0 Å². The van der Waals surface area contributed by atoms with Gasteiger partial charge >= 0.3 is 5.69 Å². The number of hydrogen-bond acceptors (Lipinski definition) is 4. The minimum absolute atomic E-state index is 0.0719. The molecule has 148 valence electrons. The number of halogens is 2. The Kier molecular flexibility index (Phi) is 4.71. The van der Waals surface area contributed by atoms with Gasteiger partial charge in [-0.2, -0.15) is 14.9 Å². The fourth-order valence-corrected chi connectivity index (χ4v) is 3.13. The lowest BCUT2D eigenvalue weighted by Crippen LogP contribution is -2.25. The summed E-state index contributed by atoms with van der Waals surface area (Å²) in [7, 11) is 1.53. The monoisotopic (exact) mass is 397 g/mol. The summed E-state index contributed by atoms with van der Waals surface area (Å²) in [6, 6.07) is 8.35. The second-order valence-electron chi connectivity index (χ2n) is 6.44. The van der Waals surface area contributed by atoms with Crippen LogP contribution in [0.25, 0.3) is 16.8 Å². The third-order valence-corrected chi connectivity index (χ3v) is 4.62. The number of aromatic nitrogens is 5. The molecule has 0 radical (unpaired) electrons. The Morgan fingerprint density at radius 3 is 2.72 bits per heavy atom. The molecule has 0 aliphatic heterocycles. The van der Waals surface area contributed by atoms with Crippen LogP contribution in [0.4, 0.5) is 8.78 Å². The molecule has 2 aromatic heterocycles. The highest BCUT2D eigenvalue weighted by Crippen LogP contribution is 2.30. The van der Waals surface area contributed by atoms with Gasteiger partial charge in [-0.25, -0.2) is 13.6 Å². The first-order valence-electron chi connectivity index (χ1n) is 8.76. The van der Waals surface area contributed by atoms with Gasteiger partial charge in [-0.05, 0) is 37.3 Å². The molecule has 0 aliphatic carbocycles. The van der Waals surface area contributed by atoms with Gasteiger partial charge in [-0.1, -0.05) is 0 Å². The van der Waals surface area contributed by atoms with Gasteiger partial charge in [0.25, 0.3) is 0 Å². The van der Waals surface area contributed by atoms with E-state index in [0.29, 0.717) is 17.3 Å². The predicted molar refractivity (Wildman–Crippen MR) is 102 cm³/mol. The molecule has 0 saturated heterocycles. The summed E-state index contributed by atoms with van der Waals surface area (Å²) < 4.78 is 35.4. The van der Waals surface area contributed by atoms with Crippen molar-refractivity contribution >= 4 is 0 Å². The van der Waals surface area contributed by atoms with Crippen LogP contribution in [0.3, 0.4) is 0 Å². The topological polar surface area (TPSA) is 77.7 Å². The number of nitrogens with one attached hydrogen (secondary N) is 1. The molecule has 7 nitrogen and oxygen atoms in total. The SMILES string of the molecule is COc1cc(-n2nc(C)n(Cc3cc(F)ccc3F)c2=O)ccc1-c1cn[nH]c1. The summed E-state index contributed by atoms with van der Waals surface area (Å²) in [5.74, 6) is -0.244. The number of hydrogen-bond donors (Lipinski definition) is 1. The first-order chi connectivity index (χ1) is 14.0. The van der Waals surface area contributed by atoms with E-state index in [1.807, 2.05) is 0 Å². The number of rotatable bonds is 5. The van der Waals surface area contributed by atoms with E-state index in [1.54, 1.807) is 37.5 Å². The molecule has 4 aromatic rings. The highest BCUT2D eigenvalue weighted by atomic mass is 19.1. The third-order valence-electron chi connectivity index (χ3n) is 4.62. The van der Waals surface area contributed by atoms with Crippen LogP contribution >= 0.6 is 0 Å². The number of aromatic amines is 1. The Morgan fingerprint density at radius 1 is 1.17 bits per heavy atom. The van der Waals surface area contributed by atoms with E-state index in [9.17, 15) is 13.6 Å². The fourth-order valence-electron chi connectivity index (χ4n) is 3.13. The summed E-state index contributed by atoms with van der Waals surface area (Å²) in [6.07, 6.45) is 3.40. The van der Waals surface area contributed by atoms with Gasteiger partial charge in [0.05, 0.1) is 25.5 Å². The van der Waals surface area contributed by atoms with Crippen LogP contribution in [0.2, 0.25) is 0 Å². The van der Waals surface area contributed by atoms with Crippen LogP contribution in [-0.4, -0.2) is 31.7 Å². The first-order valence-corrected chi connectivity index (χ1v) is 8.76. The zero-order chi connectivity index (χ0) is 20.5. The minimum atomic E-state index is -0.586. The van der Waals surface area contributed by atoms with E-state index in [-0.39, 0.29) is 12.1 Å². The van der Waals surface area contributed by atoms with Crippen LogP contribution in [-0.2, 0) is 6.54 Å².